The van der Waals surface area contributed by atoms with Gasteiger partial charge in [0.25, 0.3) is 0 Å². The molecule has 0 unspecified atom stereocenters. The Morgan fingerprint density at radius 1 is 1.18 bits per heavy atom. The van der Waals surface area contributed by atoms with E-state index in [1.165, 1.54) is 11.3 Å². The molecule has 3 rings (SSSR count). The van der Waals surface area contributed by atoms with Crippen molar-refractivity contribution in [1.82, 2.24) is 4.98 Å². The number of benzene rings is 1. The first-order valence-electron chi connectivity index (χ1n) is 5.79. The van der Waals surface area contributed by atoms with Crippen LogP contribution in [0.5, 0.6) is 0 Å². The summed E-state index contributed by atoms with van der Waals surface area (Å²) in [7, 11) is 0. The lowest BCUT2D eigenvalue weighted by Crippen LogP contribution is -2.15. The molecule has 0 aliphatic carbocycles. The summed E-state index contributed by atoms with van der Waals surface area (Å²) in [5.74, 6) is 0. The lowest BCUT2D eigenvalue weighted by molar-refractivity contribution is 0.282. The maximum absolute atomic E-state index is 9.36. The van der Waals surface area contributed by atoms with Crippen molar-refractivity contribution in [2.24, 2.45) is 0 Å². The first kappa shape index (κ1) is 10.3. The van der Waals surface area contributed by atoms with E-state index in [1.807, 2.05) is 6.07 Å². The number of anilines is 2. The largest absolute Gasteiger partial charge is 0.392 e. The first-order chi connectivity index (χ1) is 8.40. The topological polar surface area (TPSA) is 36.4 Å². The van der Waals surface area contributed by atoms with Gasteiger partial charge in [-0.3, -0.25) is 4.98 Å². The van der Waals surface area contributed by atoms with Crippen LogP contribution in [0.15, 0.2) is 42.7 Å². The Bertz CT molecular complexity index is 539. The molecular weight excluding hydrogens is 212 g/mol. The summed E-state index contributed by atoms with van der Waals surface area (Å²) < 4.78 is 0. The van der Waals surface area contributed by atoms with Crippen molar-refractivity contribution in [2.75, 3.05) is 11.4 Å². The van der Waals surface area contributed by atoms with E-state index in [4.69, 9.17) is 0 Å². The number of aliphatic hydroxyl groups is 1. The van der Waals surface area contributed by atoms with Gasteiger partial charge in [-0.2, -0.15) is 0 Å². The van der Waals surface area contributed by atoms with Gasteiger partial charge >= 0.3 is 0 Å². The quantitative estimate of drug-likeness (QED) is 0.853. The first-order valence-corrected chi connectivity index (χ1v) is 5.79. The summed E-state index contributed by atoms with van der Waals surface area (Å²) >= 11 is 0. The van der Waals surface area contributed by atoms with Crippen LogP contribution in [0.25, 0.3) is 0 Å². The molecular formula is C14H14N2O. The third-order valence-electron chi connectivity index (χ3n) is 3.23. The maximum atomic E-state index is 9.36. The molecule has 3 nitrogen and oxygen atoms in total. The van der Waals surface area contributed by atoms with E-state index in [1.54, 1.807) is 12.4 Å². The van der Waals surface area contributed by atoms with E-state index in [9.17, 15) is 5.11 Å². The van der Waals surface area contributed by atoms with Crippen LogP contribution in [-0.4, -0.2) is 16.6 Å². The third-order valence-corrected chi connectivity index (χ3v) is 3.23. The van der Waals surface area contributed by atoms with E-state index < -0.39 is 0 Å². The normalized spacial score (nSPS) is 13.8. The zero-order valence-corrected chi connectivity index (χ0v) is 9.50. The fourth-order valence-electron chi connectivity index (χ4n) is 2.39. The number of nitrogens with zero attached hydrogens (tertiary/aromatic N) is 2. The molecule has 1 aliphatic heterocycles. The van der Waals surface area contributed by atoms with Gasteiger partial charge in [0.05, 0.1) is 6.61 Å². The Labute approximate surface area is 100 Å². The third kappa shape index (κ3) is 1.68. The molecule has 2 aromatic rings. The molecule has 0 atom stereocenters. The monoisotopic (exact) mass is 226 g/mol. The van der Waals surface area contributed by atoms with Crippen LogP contribution in [-0.2, 0) is 13.0 Å². The van der Waals surface area contributed by atoms with Crippen LogP contribution < -0.4 is 4.90 Å². The van der Waals surface area contributed by atoms with E-state index in [0.29, 0.717) is 0 Å². The highest BCUT2D eigenvalue weighted by atomic mass is 16.3. The standard InChI is InChI=1S/C14H14N2O/c17-10-12-9-15-7-5-14(12)16-8-6-11-3-1-2-4-13(11)16/h1-5,7,9,17H,6,8,10H2. The van der Waals surface area contributed by atoms with E-state index in [-0.39, 0.29) is 6.61 Å². The molecule has 2 heterocycles. The highest BCUT2D eigenvalue weighted by Crippen LogP contribution is 2.35. The molecule has 0 amide bonds. The van der Waals surface area contributed by atoms with Gasteiger partial charge in [0.2, 0.25) is 0 Å². The molecule has 0 saturated carbocycles. The van der Waals surface area contributed by atoms with Gasteiger partial charge in [-0.15, -0.1) is 0 Å². The smallest absolute Gasteiger partial charge is 0.0717 e. The summed E-state index contributed by atoms with van der Waals surface area (Å²) in [5, 5.41) is 9.36. The predicted molar refractivity (Wildman–Crippen MR) is 67.3 cm³/mol. The minimum atomic E-state index is 0.0296. The van der Waals surface area contributed by atoms with E-state index in [0.717, 1.165) is 24.2 Å². The summed E-state index contributed by atoms with van der Waals surface area (Å²) in [5.41, 5.74) is 4.55. The fraction of sp³-hybridized carbons (Fsp3) is 0.214. The highest BCUT2D eigenvalue weighted by molar-refractivity contribution is 5.71. The lowest BCUT2D eigenvalue weighted by atomic mass is 10.1. The Morgan fingerprint density at radius 2 is 2.06 bits per heavy atom. The number of pyridine rings is 1. The van der Waals surface area contributed by atoms with Crippen LogP contribution in [0.2, 0.25) is 0 Å². The Kier molecular flexibility index (Phi) is 2.53. The van der Waals surface area contributed by atoms with Crippen molar-refractivity contribution < 1.29 is 5.11 Å². The molecule has 0 bridgehead atoms. The molecule has 1 N–H and O–H groups in total. The number of para-hydroxylation sites is 1. The number of aromatic nitrogens is 1. The number of fused-ring (bicyclic) bond motifs is 1. The summed E-state index contributed by atoms with van der Waals surface area (Å²) in [6.07, 6.45) is 4.56. The number of aliphatic hydroxyl groups excluding tert-OH is 1. The van der Waals surface area contributed by atoms with Gasteiger partial charge in [-0.05, 0) is 24.1 Å². The van der Waals surface area contributed by atoms with Crippen molar-refractivity contribution in [3.05, 3.63) is 53.9 Å². The van der Waals surface area contributed by atoms with Crippen LogP contribution >= 0.6 is 0 Å². The zero-order chi connectivity index (χ0) is 11.7. The van der Waals surface area contributed by atoms with Crippen LogP contribution in [0.4, 0.5) is 11.4 Å². The lowest BCUT2D eigenvalue weighted by Gasteiger charge is -2.21. The van der Waals surface area contributed by atoms with Crippen molar-refractivity contribution in [1.29, 1.82) is 0 Å². The van der Waals surface area contributed by atoms with Gasteiger partial charge in [0.15, 0.2) is 0 Å². The predicted octanol–water partition coefficient (Wildman–Crippen LogP) is 2.27. The van der Waals surface area contributed by atoms with E-state index >= 15 is 0 Å². The molecule has 0 saturated heterocycles. The molecule has 3 heteroatoms. The number of hydrogen-bond acceptors (Lipinski definition) is 3. The minimum absolute atomic E-state index is 0.0296. The highest BCUT2D eigenvalue weighted by Gasteiger charge is 2.21. The average molecular weight is 226 g/mol. The van der Waals surface area contributed by atoms with Gasteiger partial charge in [0, 0.05) is 35.9 Å². The summed E-state index contributed by atoms with van der Waals surface area (Å²) in [4.78, 5) is 6.31. The Hall–Kier alpha value is -1.87. The molecule has 86 valence electrons. The van der Waals surface area contributed by atoms with Crippen molar-refractivity contribution in [3.8, 4) is 0 Å². The van der Waals surface area contributed by atoms with Gasteiger partial charge in [-0.1, -0.05) is 18.2 Å². The Morgan fingerprint density at radius 3 is 2.94 bits per heavy atom. The van der Waals surface area contributed by atoms with Gasteiger partial charge < -0.3 is 10.0 Å². The molecule has 0 radical (unpaired) electrons. The molecule has 1 aliphatic rings. The van der Waals surface area contributed by atoms with Crippen molar-refractivity contribution in [2.45, 2.75) is 13.0 Å². The average Bonchev–Trinajstić information content (AvgIpc) is 2.82. The SMILES string of the molecule is OCc1cnccc1N1CCc2ccccc21. The number of rotatable bonds is 2. The van der Waals surface area contributed by atoms with Gasteiger partial charge in [-0.25, -0.2) is 0 Å². The fourth-order valence-corrected chi connectivity index (χ4v) is 2.39. The second-order valence-corrected chi connectivity index (χ2v) is 4.19. The summed E-state index contributed by atoms with van der Waals surface area (Å²) in [6.45, 7) is 0.998. The van der Waals surface area contributed by atoms with E-state index in [2.05, 4.69) is 34.1 Å². The minimum Gasteiger partial charge on any atom is -0.392 e. The number of hydrogen-bond donors (Lipinski definition) is 1. The second kappa shape index (κ2) is 4.18. The maximum Gasteiger partial charge on any atom is 0.0717 e. The second-order valence-electron chi connectivity index (χ2n) is 4.19. The zero-order valence-electron chi connectivity index (χ0n) is 9.50. The Balaban J connectivity index is 2.07. The molecule has 1 aromatic heterocycles. The molecule has 1 aromatic carbocycles. The van der Waals surface area contributed by atoms with Crippen LogP contribution in [0, 0.1) is 0 Å². The van der Waals surface area contributed by atoms with Crippen molar-refractivity contribution in [3.63, 3.8) is 0 Å². The van der Waals surface area contributed by atoms with Gasteiger partial charge in [0.1, 0.15) is 0 Å². The molecule has 0 spiro atoms. The summed E-state index contributed by atoms with van der Waals surface area (Å²) in [6, 6.07) is 10.4. The van der Waals surface area contributed by atoms with Crippen LogP contribution in [0.1, 0.15) is 11.1 Å². The molecule has 17 heavy (non-hydrogen) atoms. The molecule has 0 fully saturated rings. The van der Waals surface area contributed by atoms with Crippen LogP contribution in [0.3, 0.4) is 0 Å². The van der Waals surface area contributed by atoms with Crippen molar-refractivity contribution >= 4 is 11.4 Å².